The second-order valence-corrected chi connectivity index (χ2v) is 6.35. The van der Waals surface area contributed by atoms with Crippen molar-refractivity contribution in [3.05, 3.63) is 29.8 Å². The molecule has 0 aliphatic carbocycles. The first-order valence-corrected chi connectivity index (χ1v) is 7.72. The first kappa shape index (κ1) is 15.7. The van der Waals surface area contributed by atoms with Gasteiger partial charge in [0.05, 0.1) is 4.90 Å². The van der Waals surface area contributed by atoms with E-state index in [1.807, 2.05) is 20.8 Å². The van der Waals surface area contributed by atoms with Gasteiger partial charge in [-0.1, -0.05) is 13.8 Å². The second kappa shape index (κ2) is 5.71. The normalized spacial score (nSPS) is 12.2. The standard InChI is InChI=1S/C13H20N2O3S/c1-4-13(3,5-2)15-12(16)10-6-8-11(9-7-10)19(14,17)18/h6-9H,4-5H2,1-3H3,(H,15,16)(H2,14,17,18). The molecule has 0 saturated carbocycles. The van der Waals surface area contributed by atoms with Crippen LogP contribution >= 0.6 is 0 Å². The number of hydrogen-bond donors (Lipinski definition) is 2. The molecule has 0 bridgehead atoms. The molecule has 106 valence electrons. The highest BCUT2D eigenvalue weighted by Crippen LogP contribution is 2.15. The Balaban J connectivity index is 2.91. The van der Waals surface area contributed by atoms with Gasteiger partial charge in [-0.3, -0.25) is 4.79 Å². The molecule has 6 heteroatoms. The Hall–Kier alpha value is -1.40. The lowest BCUT2D eigenvalue weighted by Crippen LogP contribution is -2.44. The number of rotatable bonds is 5. The maximum Gasteiger partial charge on any atom is 0.251 e. The summed E-state index contributed by atoms with van der Waals surface area (Å²) in [4.78, 5) is 12.0. The van der Waals surface area contributed by atoms with Crippen LogP contribution < -0.4 is 10.5 Å². The minimum Gasteiger partial charge on any atom is -0.347 e. The zero-order valence-corrected chi connectivity index (χ0v) is 12.3. The molecule has 0 spiro atoms. The average Bonchev–Trinajstić information content (AvgIpc) is 2.37. The molecule has 0 saturated heterocycles. The van der Waals surface area contributed by atoms with Crippen molar-refractivity contribution in [2.24, 2.45) is 5.14 Å². The molecule has 1 amide bonds. The number of carbonyl (C=O) groups is 1. The van der Waals surface area contributed by atoms with E-state index in [-0.39, 0.29) is 16.3 Å². The summed E-state index contributed by atoms with van der Waals surface area (Å²) >= 11 is 0. The molecule has 0 radical (unpaired) electrons. The Morgan fingerprint density at radius 3 is 2.05 bits per heavy atom. The van der Waals surface area contributed by atoms with Crippen LogP contribution in [0, 0.1) is 0 Å². The van der Waals surface area contributed by atoms with Gasteiger partial charge in [0, 0.05) is 11.1 Å². The highest BCUT2D eigenvalue weighted by molar-refractivity contribution is 7.89. The van der Waals surface area contributed by atoms with Gasteiger partial charge in [0.15, 0.2) is 0 Å². The van der Waals surface area contributed by atoms with Crippen LogP contribution in [0.1, 0.15) is 44.0 Å². The summed E-state index contributed by atoms with van der Waals surface area (Å²) in [7, 11) is -3.72. The third-order valence-corrected chi connectivity index (χ3v) is 4.35. The molecule has 5 nitrogen and oxygen atoms in total. The minimum absolute atomic E-state index is 0.00204. The number of benzene rings is 1. The van der Waals surface area contributed by atoms with E-state index in [1.165, 1.54) is 24.3 Å². The molecule has 0 aliphatic heterocycles. The van der Waals surface area contributed by atoms with Crippen molar-refractivity contribution in [1.29, 1.82) is 0 Å². The van der Waals surface area contributed by atoms with Crippen LogP contribution in [-0.4, -0.2) is 19.9 Å². The number of carbonyl (C=O) groups excluding carboxylic acids is 1. The molecule has 1 rings (SSSR count). The van der Waals surface area contributed by atoms with Gasteiger partial charge in [-0.05, 0) is 44.0 Å². The Labute approximate surface area is 114 Å². The van der Waals surface area contributed by atoms with Gasteiger partial charge in [0.25, 0.3) is 5.91 Å². The molecule has 0 atom stereocenters. The van der Waals surface area contributed by atoms with Crippen molar-refractivity contribution in [3.63, 3.8) is 0 Å². The third-order valence-electron chi connectivity index (χ3n) is 3.42. The van der Waals surface area contributed by atoms with Crippen LogP contribution in [-0.2, 0) is 10.0 Å². The third kappa shape index (κ3) is 4.04. The largest absolute Gasteiger partial charge is 0.347 e. The number of amides is 1. The lowest BCUT2D eigenvalue weighted by Gasteiger charge is -2.28. The second-order valence-electron chi connectivity index (χ2n) is 4.79. The molecule has 3 N–H and O–H groups in total. The molecule has 0 aliphatic rings. The minimum atomic E-state index is -3.72. The maximum absolute atomic E-state index is 12.0. The van der Waals surface area contributed by atoms with E-state index in [9.17, 15) is 13.2 Å². The Morgan fingerprint density at radius 2 is 1.68 bits per heavy atom. The predicted molar refractivity (Wildman–Crippen MR) is 74.3 cm³/mol. The van der Waals surface area contributed by atoms with Crippen LogP contribution in [0.25, 0.3) is 0 Å². The fraction of sp³-hybridized carbons (Fsp3) is 0.462. The monoisotopic (exact) mass is 284 g/mol. The number of nitrogens with one attached hydrogen (secondary N) is 1. The van der Waals surface area contributed by atoms with Crippen LogP contribution in [0.15, 0.2) is 29.2 Å². The van der Waals surface area contributed by atoms with E-state index in [2.05, 4.69) is 5.32 Å². The van der Waals surface area contributed by atoms with Crippen LogP contribution in [0.5, 0.6) is 0 Å². The van der Waals surface area contributed by atoms with Gasteiger partial charge in [-0.15, -0.1) is 0 Å². The van der Waals surface area contributed by atoms with E-state index < -0.39 is 10.0 Å². The first-order chi connectivity index (χ1) is 8.72. The van der Waals surface area contributed by atoms with E-state index in [1.54, 1.807) is 0 Å². The van der Waals surface area contributed by atoms with Gasteiger partial charge >= 0.3 is 0 Å². The van der Waals surface area contributed by atoms with Crippen molar-refractivity contribution < 1.29 is 13.2 Å². The lowest BCUT2D eigenvalue weighted by molar-refractivity contribution is 0.0901. The van der Waals surface area contributed by atoms with E-state index in [0.717, 1.165) is 12.8 Å². The maximum atomic E-state index is 12.0. The van der Waals surface area contributed by atoms with Crippen LogP contribution in [0.2, 0.25) is 0 Å². The van der Waals surface area contributed by atoms with Gasteiger partial charge in [-0.2, -0.15) is 0 Å². The summed E-state index contributed by atoms with van der Waals surface area (Å²) in [5, 5.41) is 7.95. The van der Waals surface area contributed by atoms with E-state index in [4.69, 9.17) is 5.14 Å². The smallest absolute Gasteiger partial charge is 0.251 e. The van der Waals surface area contributed by atoms with Crippen molar-refractivity contribution in [2.75, 3.05) is 0 Å². The van der Waals surface area contributed by atoms with Gasteiger partial charge in [0.2, 0.25) is 10.0 Å². The molecule has 0 heterocycles. The fourth-order valence-electron chi connectivity index (χ4n) is 1.57. The SMILES string of the molecule is CCC(C)(CC)NC(=O)c1ccc(S(N)(=O)=O)cc1. The first-order valence-electron chi connectivity index (χ1n) is 6.17. The molecule has 19 heavy (non-hydrogen) atoms. The van der Waals surface area contributed by atoms with Crippen LogP contribution in [0.4, 0.5) is 0 Å². The van der Waals surface area contributed by atoms with Crippen molar-refractivity contribution in [3.8, 4) is 0 Å². The van der Waals surface area contributed by atoms with Crippen molar-refractivity contribution in [2.45, 2.75) is 44.0 Å². The van der Waals surface area contributed by atoms with Gasteiger partial charge in [-0.25, -0.2) is 13.6 Å². The van der Waals surface area contributed by atoms with Gasteiger partial charge in [0.1, 0.15) is 0 Å². The summed E-state index contributed by atoms with van der Waals surface area (Å²) in [6.45, 7) is 5.99. The summed E-state index contributed by atoms with van der Waals surface area (Å²) in [5.74, 6) is -0.216. The summed E-state index contributed by atoms with van der Waals surface area (Å²) in [5.41, 5.74) is 0.163. The lowest BCUT2D eigenvalue weighted by atomic mass is 9.95. The van der Waals surface area contributed by atoms with Crippen LogP contribution in [0.3, 0.4) is 0 Å². The zero-order chi connectivity index (χ0) is 14.7. The molecule has 0 unspecified atom stereocenters. The molecule has 1 aromatic rings. The topological polar surface area (TPSA) is 89.3 Å². The molecular weight excluding hydrogens is 264 g/mol. The highest BCUT2D eigenvalue weighted by atomic mass is 32.2. The quantitative estimate of drug-likeness (QED) is 0.861. The number of nitrogens with two attached hydrogens (primary N) is 1. The molecule has 1 aromatic carbocycles. The summed E-state index contributed by atoms with van der Waals surface area (Å²) < 4.78 is 22.2. The summed E-state index contributed by atoms with van der Waals surface area (Å²) in [6, 6.07) is 5.58. The number of hydrogen-bond acceptors (Lipinski definition) is 3. The molecular formula is C13H20N2O3S. The molecule has 0 aromatic heterocycles. The van der Waals surface area contributed by atoms with E-state index >= 15 is 0 Å². The number of sulfonamides is 1. The van der Waals surface area contributed by atoms with Crippen molar-refractivity contribution in [1.82, 2.24) is 5.32 Å². The van der Waals surface area contributed by atoms with E-state index in [0.29, 0.717) is 5.56 Å². The Bertz CT molecular complexity index is 546. The Morgan fingerprint density at radius 1 is 1.21 bits per heavy atom. The Kier molecular flexibility index (Phi) is 4.70. The van der Waals surface area contributed by atoms with Crippen molar-refractivity contribution >= 4 is 15.9 Å². The summed E-state index contributed by atoms with van der Waals surface area (Å²) in [6.07, 6.45) is 1.65. The molecule has 0 fully saturated rings. The zero-order valence-electron chi connectivity index (χ0n) is 11.4. The average molecular weight is 284 g/mol. The number of primary sulfonamides is 1. The fourth-order valence-corrected chi connectivity index (χ4v) is 2.08. The highest BCUT2D eigenvalue weighted by Gasteiger charge is 2.22. The van der Waals surface area contributed by atoms with Gasteiger partial charge < -0.3 is 5.32 Å². The predicted octanol–water partition coefficient (Wildman–Crippen LogP) is 1.64.